The minimum absolute atomic E-state index is 0.0436. The highest BCUT2D eigenvalue weighted by Crippen LogP contribution is 2.28. The monoisotopic (exact) mass is 374 g/mol. The lowest BCUT2D eigenvalue weighted by atomic mass is 10.00. The Kier molecular flexibility index (Phi) is 5.61. The van der Waals surface area contributed by atoms with E-state index in [0.29, 0.717) is 34.0 Å². The van der Waals surface area contributed by atoms with E-state index in [2.05, 4.69) is 22.2 Å². The van der Waals surface area contributed by atoms with Crippen molar-refractivity contribution in [1.29, 1.82) is 0 Å². The number of aryl methyl sites for hydroxylation is 1. The Morgan fingerprint density at radius 1 is 1.35 bits per heavy atom. The molecule has 0 saturated carbocycles. The number of methoxy groups -OCH3 is 1. The number of hydrogen-bond acceptors (Lipinski definition) is 5. The number of amides is 1. The van der Waals surface area contributed by atoms with Crippen molar-refractivity contribution in [3.63, 3.8) is 0 Å². The van der Waals surface area contributed by atoms with E-state index in [1.807, 2.05) is 11.0 Å². The minimum atomic E-state index is -0.0436. The average molecular weight is 375 g/mol. The number of benzene rings is 1. The number of ether oxygens (including phenoxy) is 1. The van der Waals surface area contributed by atoms with Gasteiger partial charge >= 0.3 is 0 Å². The van der Waals surface area contributed by atoms with E-state index in [9.17, 15) is 4.79 Å². The van der Waals surface area contributed by atoms with Crippen molar-refractivity contribution in [2.45, 2.75) is 26.7 Å². The molecule has 138 valence electrons. The van der Waals surface area contributed by atoms with Gasteiger partial charge in [0.15, 0.2) is 0 Å². The summed E-state index contributed by atoms with van der Waals surface area (Å²) in [6.45, 7) is 5.51. The van der Waals surface area contributed by atoms with Crippen LogP contribution >= 0.6 is 11.6 Å². The molecule has 1 aromatic heterocycles. The van der Waals surface area contributed by atoms with E-state index in [1.165, 1.54) is 0 Å². The van der Waals surface area contributed by atoms with Crippen LogP contribution in [0.3, 0.4) is 0 Å². The molecule has 1 aromatic carbocycles. The number of aromatic nitrogens is 2. The molecule has 2 heterocycles. The normalized spacial score (nSPS) is 17.1. The molecule has 1 fully saturated rings. The minimum Gasteiger partial charge on any atom is -0.495 e. The summed E-state index contributed by atoms with van der Waals surface area (Å²) in [5.74, 6) is 2.19. The van der Waals surface area contributed by atoms with Crippen molar-refractivity contribution in [3.05, 3.63) is 40.8 Å². The number of nitrogens with one attached hydrogen (secondary N) is 1. The number of carbonyl (C=O) groups is 1. The maximum Gasteiger partial charge on any atom is 0.272 e. The number of hydrogen-bond donors (Lipinski definition) is 1. The summed E-state index contributed by atoms with van der Waals surface area (Å²) in [4.78, 5) is 23.4. The van der Waals surface area contributed by atoms with E-state index >= 15 is 0 Å². The molecular formula is C19H23ClN4O2. The van der Waals surface area contributed by atoms with Crippen LogP contribution in [-0.4, -0.2) is 41.0 Å². The summed E-state index contributed by atoms with van der Waals surface area (Å²) in [5.41, 5.74) is 1.17. The molecule has 0 bridgehead atoms. The van der Waals surface area contributed by atoms with E-state index in [4.69, 9.17) is 16.3 Å². The van der Waals surface area contributed by atoms with Crippen LogP contribution in [0.5, 0.6) is 5.75 Å². The van der Waals surface area contributed by atoms with Gasteiger partial charge in [0.2, 0.25) is 0 Å². The lowest BCUT2D eigenvalue weighted by Gasteiger charge is -2.30. The zero-order valence-electron chi connectivity index (χ0n) is 15.3. The molecule has 0 aliphatic carbocycles. The summed E-state index contributed by atoms with van der Waals surface area (Å²) >= 11 is 6.17. The number of halogens is 1. The second kappa shape index (κ2) is 7.91. The van der Waals surface area contributed by atoms with Crippen LogP contribution in [0.2, 0.25) is 5.02 Å². The number of anilines is 2. The standard InChI is InChI=1S/C19H23ClN4O2/c1-12-5-4-8-24(11-12)19(25)16-10-18(22-13(2)21-16)23-14-6-7-17(26-3)15(20)9-14/h6-7,9-10,12H,4-5,8,11H2,1-3H3,(H,21,22,23). The Morgan fingerprint density at radius 2 is 2.15 bits per heavy atom. The van der Waals surface area contributed by atoms with Crippen LogP contribution in [0, 0.1) is 12.8 Å². The van der Waals surface area contributed by atoms with Crippen LogP contribution in [0.25, 0.3) is 0 Å². The van der Waals surface area contributed by atoms with Gasteiger partial charge in [-0.25, -0.2) is 9.97 Å². The highest BCUT2D eigenvalue weighted by atomic mass is 35.5. The fraction of sp³-hybridized carbons (Fsp3) is 0.421. The number of piperidine rings is 1. The lowest BCUT2D eigenvalue weighted by molar-refractivity contribution is 0.0676. The van der Waals surface area contributed by atoms with Crippen molar-refractivity contribution in [3.8, 4) is 5.75 Å². The van der Waals surface area contributed by atoms with Crippen molar-refractivity contribution in [2.24, 2.45) is 5.92 Å². The van der Waals surface area contributed by atoms with Crippen molar-refractivity contribution >= 4 is 29.0 Å². The first-order chi connectivity index (χ1) is 12.5. The van der Waals surface area contributed by atoms with Gasteiger partial charge in [-0.3, -0.25) is 4.79 Å². The predicted molar refractivity (Wildman–Crippen MR) is 102 cm³/mol. The van der Waals surface area contributed by atoms with Gasteiger partial charge in [-0.15, -0.1) is 0 Å². The topological polar surface area (TPSA) is 67.3 Å². The highest BCUT2D eigenvalue weighted by Gasteiger charge is 2.23. The molecule has 1 atom stereocenters. The number of nitrogens with zero attached hydrogens (tertiary/aromatic N) is 3. The Hall–Kier alpha value is -2.34. The predicted octanol–water partition coefficient (Wildman–Crippen LogP) is 4.06. The number of carbonyl (C=O) groups excluding carboxylic acids is 1. The molecule has 26 heavy (non-hydrogen) atoms. The molecule has 1 N–H and O–H groups in total. The summed E-state index contributed by atoms with van der Waals surface area (Å²) in [6.07, 6.45) is 2.20. The lowest BCUT2D eigenvalue weighted by Crippen LogP contribution is -2.39. The third-order valence-electron chi connectivity index (χ3n) is 4.43. The van der Waals surface area contributed by atoms with Crippen molar-refractivity contribution in [2.75, 3.05) is 25.5 Å². The van der Waals surface area contributed by atoms with Crippen LogP contribution in [0.15, 0.2) is 24.3 Å². The quantitative estimate of drug-likeness (QED) is 0.873. The molecular weight excluding hydrogens is 352 g/mol. The first kappa shape index (κ1) is 18.5. The zero-order chi connectivity index (χ0) is 18.7. The Bertz CT molecular complexity index is 812. The third-order valence-corrected chi connectivity index (χ3v) is 4.72. The maximum absolute atomic E-state index is 12.8. The third kappa shape index (κ3) is 4.25. The van der Waals surface area contributed by atoms with Gasteiger partial charge in [0.25, 0.3) is 5.91 Å². The van der Waals surface area contributed by atoms with Crippen LogP contribution in [0.1, 0.15) is 36.1 Å². The van der Waals surface area contributed by atoms with Crippen LogP contribution < -0.4 is 10.1 Å². The fourth-order valence-electron chi connectivity index (χ4n) is 3.17. The molecule has 1 aliphatic heterocycles. The van der Waals surface area contributed by atoms with E-state index in [0.717, 1.165) is 31.6 Å². The second-order valence-corrected chi connectivity index (χ2v) is 7.07. The van der Waals surface area contributed by atoms with Crippen LogP contribution in [0.4, 0.5) is 11.5 Å². The summed E-state index contributed by atoms with van der Waals surface area (Å²) in [6, 6.07) is 7.06. The first-order valence-corrected chi connectivity index (χ1v) is 9.09. The number of rotatable bonds is 4. The molecule has 1 unspecified atom stereocenters. The Labute approximate surface area is 158 Å². The SMILES string of the molecule is COc1ccc(Nc2cc(C(=O)N3CCCC(C)C3)nc(C)n2)cc1Cl. The zero-order valence-corrected chi connectivity index (χ0v) is 16.0. The van der Waals surface area contributed by atoms with Gasteiger partial charge in [0.1, 0.15) is 23.1 Å². The van der Waals surface area contributed by atoms with Gasteiger partial charge in [0.05, 0.1) is 12.1 Å². The smallest absolute Gasteiger partial charge is 0.272 e. The molecule has 0 radical (unpaired) electrons. The highest BCUT2D eigenvalue weighted by molar-refractivity contribution is 6.32. The van der Waals surface area contributed by atoms with Gasteiger partial charge in [-0.2, -0.15) is 0 Å². The van der Waals surface area contributed by atoms with Crippen LogP contribution in [-0.2, 0) is 0 Å². The van der Waals surface area contributed by atoms with Gasteiger partial charge in [-0.05, 0) is 43.9 Å². The molecule has 1 saturated heterocycles. The summed E-state index contributed by atoms with van der Waals surface area (Å²) in [7, 11) is 1.57. The van der Waals surface area contributed by atoms with Crippen molar-refractivity contribution in [1.82, 2.24) is 14.9 Å². The fourth-order valence-corrected chi connectivity index (χ4v) is 3.43. The summed E-state index contributed by atoms with van der Waals surface area (Å²) < 4.78 is 5.16. The molecule has 6 nitrogen and oxygen atoms in total. The molecule has 1 aliphatic rings. The molecule has 2 aromatic rings. The second-order valence-electron chi connectivity index (χ2n) is 6.66. The Morgan fingerprint density at radius 3 is 2.85 bits per heavy atom. The van der Waals surface area contributed by atoms with Gasteiger partial charge < -0.3 is 15.0 Å². The van der Waals surface area contributed by atoms with Crippen molar-refractivity contribution < 1.29 is 9.53 Å². The molecule has 0 spiro atoms. The maximum atomic E-state index is 12.8. The van der Waals surface area contributed by atoms with E-state index < -0.39 is 0 Å². The molecule has 7 heteroatoms. The van der Waals surface area contributed by atoms with E-state index in [1.54, 1.807) is 32.2 Å². The number of likely N-dealkylation sites (tertiary alicyclic amines) is 1. The Balaban J connectivity index is 1.81. The van der Waals surface area contributed by atoms with Gasteiger partial charge in [0, 0.05) is 24.8 Å². The van der Waals surface area contributed by atoms with Gasteiger partial charge in [-0.1, -0.05) is 18.5 Å². The molecule has 3 rings (SSSR count). The summed E-state index contributed by atoms with van der Waals surface area (Å²) in [5, 5.41) is 3.68. The first-order valence-electron chi connectivity index (χ1n) is 8.72. The van der Waals surface area contributed by atoms with E-state index in [-0.39, 0.29) is 5.91 Å². The molecule has 1 amide bonds. The average Bonchev–Trinajstić information content (AvgIpc) is 2.61. The largest absolute Gasteiger partial charge is 0.495 e.